The summed E-state index contributed by atoms with van der Waals surface area (Å²) in [5, 5.41) is 0. The predicted molar refractivity (Wildman–Crippen MR) is 130 cm³/mol. The molecule has 0 unspecified atom stereocenters. The Kier molecular flexibility index (Phi) is 7.57. The van der Waals surface area contributed by atoms with E-state index in [0.717, 1.165) is 23.4 Å². The van der Waals surface area contributed by atoms with E-state index in [1.807, 2.05) is 18.2 Å². The Morgan fingerprint density at radius 1 is 0.886 bits per heavy atom. The van der Waals surface area contributed by atoms with Gasteiger partial charge in [0.05, 0.1) is 24.8 Å². The quantitative estimate of drug-likeness (QED) is 0.441. The molecule has 0 bridgehead atoms. The molecule has 0 radical (unpaired) electrons. The molecule has 0 spiro atoms. The van der Waals surface area contributed by atoms with Crippen LogP contribution in [0.15, 0.2) is 71.6 Å². The molecule has 4 rings (SSSR count). The Morgan fingerprint density at radius 3 is 2.06 bits per heavy atom. The second-order valence-corrected chi connectivity index (χ2v) is 10.2. The standard InChI is InChI=1S/C26H28F2N2O4S/c1-33-24-10-3-19(26(17-24)34-2)18-29-15-13-23(14-16-29)30(22-8-4-20(27)5-9-22)35(31,32)25-11-6-21(28)7-12-25/h3-12,17,23H,13-16,18H2,1-2H3. The largest absolute Gasteiger partial charge is 0.497 e. The Balaban J connectivity index is 1.55. The summed E-state index contributed by atoms with van der Waals surface area (Å²) in [5.74, 6) is 0.485. The van der Waals surface area contributed by atoms with Gasteiger partial charge in [-0.1, -0.05) is 6.07 Å². The number of hydrogen-bond acceptors (Lipinski definition) is 5. The number of likely N-dealkylation sites (tertiary alicyclic amines) is 1. The van der Waals surface area contributed by atoms with Gasteiger partial charge in [0.2, 0.25) is 0 Å². The zero-order valence-electron chi connectivity index (χ0n) is 19.7. The molecule has 3 aromatic carbocycles. The molecule has 1 fully saturated rings. The van der Waals surface area contributed by atoms with Gasteiger partial charge in [-0.15, -0.1) is 0 Å². The van der Waals surface area contributed by atoms with Crippen LogP contribution in [0.2, 0.25) is 0 Å². The molecule has 1 aliphatic heterocycles. The van der Waals surface area contributed by atoms with Crippen LogP contribution in [0.1, 0.15) is 18.4 Å². The molecule has 1 heterocycles. The number of nitrogens with zero attached hydrogens (tertiary/aromatic N) is 2. The van der Waals surface area contributed by atoms with Gasteiger partial charge in [-0.2, -0.15) is 0 Å². The van der Waals surface area contributed by atoms with Crippen LogP contribution in [0.4, 0.5) is 14.5 Å². The molecule has 0 saturated carbocycles. The third kappa shape index (κ3) is 5.57. The summed E-state index contributed by atoms with van der Waals surface area (Å²) in [5.41, 5.74) is 1.40. The van der Waals surface area contributed by atoms with E-state index >= 15 is 0 Å². The number of anilines is 1. The van der Waals surface area contributed by atoms with Crippen LogP contribution in [0.3, 0.4) is 0 Å². The van der Waals surface area contributed by atoms with Gasteiger partial charge in [0.25, 0.3) is 10.0 Å². The van der Waals surface area contributed by atoms with Crippen molar-refractivity contribution in [1.82, 2.24) is 4.90 Å². The molecule has 0 aliphatic carbocycles. The average Bonchev–Trinajstić information content (AvgIpc) is 2.87. The van der Waals surface area contributed by atoms with Gasteiger partial charge in [-0.25, -0.2) is 17.2 Å². The summed E-state index contributed by atoms with van der Waals surface area (Å²) in [6.07, 6.45) is 1.16. The lowest BCUT2D eigenvalue weighted by molar-refractivity contribution is 0.204. The highest BCUT2D eigenvalue weighted by atomic mass is 32.2. The monoisotopic (exact) mass is 502 g/mol. The summed E-state index contributed by atoms with van der Waals surface area (Å²) in [4.78, 5) is 2.24. The number of piperidine rings is 1. The van der Waals surface area contributed by atoms with E-state index in [1.54, 1.807) is 14.2 Å². The van der Waals surface area contributed by atoms with Crippen LogP contribution in [0, 0.1) is 11.6 Å². The fourth-order valence-corrected chi connectivity index (χ4v) is 6.10. The third-order valence-corrected chi connectivity index (χ3v) is 8.12. The van der Waals surface area contributed by atoms with Crippen LogP contribution in [-0.4, -0.2) is 46.7 Å². The van der Waals surface area contributed by atoms with Crippen molar-refractivity contribution >= 4 is 15.7 Å². The molecular formula is C26H28F2N2O4S. The molecule has 186 valence electrons. The minimum absolute atomic E-state index is 0.00590. The van der Waals surface area contributed by atoms with Gasteiger partial charge in [-0.05, 0) is 67.4 Å². The first kappa shape index (κ1) is 24.9. The molecule has 1 saturated heterocycles. The number of benzene rings is 3. The second kappa shape index (κ2) is 10.6. The Hall–Kier alpha value is -3.17. The van der Waals surface area contributed by atoms with Crippen molar-refractivity contribution < 1.29 is 26.7 Å². The van der Waals surface area contributed by atoms with Gasteiger partial charge >= 0.3 is 0 Å². The van der Waals surface area contributed by atoms with Crippen LogP contribution in [-0.2, 0) is 16.6 Å². The molecule has 0 amide bonds. The maximum Gasteiger partial charge on any atom is 0.264 e. The van der Waals surface area contributed by atoms with Gasteiger partial charge in [-0.3, -0.25) is 9.21 Å². The van der Waals surface area contributed by atoms with Crippen molar-refractivity contribution in [3.05, 3.63) is 83.9 Å². The average molecular weight is 503 g/mol. The Morgan fingerprint density at radius 2 is 1.49 bits per heavy atom. The number of halogens is 2. The Bertz CT molecular complexity index is 1240. The lowest BCUT2D eigenvalue weighted by Crippen LogP contribution is -2.47. The molecule has 9 heteroatoms. The first-order valence-corrected chi connectivity index (χ1v) is 12.7. The van der Waals surface area contributed by atoms with Crippen molar-refractivity contribution in [2.45, 2.75) is 30.3 Å². The van der Waals surface area contributed by atoms with Gasteiger partial charge in [0, 0.05) is 37.3 Å². The van der Waals surface area contributed by atoms with Gasteiger partial charge in [0.1, 0.15) is 23.1 Å². The highest BCUT2D eigenvalue weighted by Crippen LogP contribution is 2.32. The Labute approximate surface area is 204 Å². The molecule has 3 aromatic rings. The van der Waals surface area contributed by atoms with E-state index in [-0.39, 0.29) is 10.9 Å². The number of hydrogen-bond donors (Lipinski definition) is 0. The summed E-state index contributed by atoms with van der Waals surface area (Å²) in [6.45, 7) is 1.98. The van der Waals surface area contributed by atoms with Gasteiger partial charge in [0.15, 0.2) is 0 Å². The smallest absolute Gasteiger partial charge is 0.264 e. The second-order valence-electron chi connectivity index (χ2n) is 8.42. The summed E-state index contributed by atoms with van der Waals surface area (Å²) in [6, 6.07) is 15.5. The summed E-state index contributed by atoms with van der Waals surface area (Å²) >= 11 is 0. The van der Waals surface area contributed by atoms with Crippen molar-refractivity contribution in [2.24, 2.45) is 0 Å². The van der Waals surface area contributed by atoms with Crippen molar-refractivity contribution in [3.8, 4) is 11.5 Å². The fraction of sp³-hybridized carbons (Fsp3) is 0.308. The minimum atomic E-state index is -3.99. The van der Waals surface area contributed by atoms with E-state index in [0.29, 0.717) is 43.9 Å². The first-order valence-electron chi connectivity index (χ1n) is 11.3. The molecule has 1 aliphatic rings. The van der Waals surface area contributed by atoms with E-state index in [1.165, 1.54) is 40.7 Å². The van der Waals surface area contributed by atoms with E-state index in [2.05, 4.69) is 4.90 Å². The fourth-order valence-electron chi connectivity index (χ4n) is 4.39. The highest BCUT2D eigenvalue weighted by molar-refractivity contribution is 7.92. The topological polar surface area (TPSA) is 59.1 Å². The van der Waals surface area contributed by atoms with Crippen molar-refractivity contribution in [1.29, 1.82) is 0 Å². The first-order chi connectivity index (χ1) is 16.8. The van der Waals surface area contributed by atoms with E-state index < -0.39 is 21.7 Å². The summed E-state index contributed by atoms with van der Waals surface area (Å²) in [7, 11) is -0.767. The third-order valence-electron chi connectivity index (χ3n) is 6.23. The van der Waals surface area contributed by atoms with Gasteiger partial charge < -0.3 is 9.47 Å². The highest BCUT2D eigenvalue weighted by Gasteiger charge is 2.34. The molecule has 35 heavy (non-hydrogen) atoms. The molecular weight excluding hydrogens is 474 g/mol. The maximum atomic E-state index is 13.6. The molecule has 0 N–H and O–H groups in total. The maximum absolute atomic E-state index is 13.6. The normalized spacial score (nSPS) is 15.1. The van der Waals surface area contributed by atoms with Crippen LogP contribution in [0.5, 0.6) is 11.5 Å². The lowest BCUT2D eigenvalue weighted by atomic mass is 10.0. The molecule has 0 atom stereocenters. The number of rotatable bonds is 8. The van der Waals surface area contributed by atoms with Crippen LogP contribution < -0.4 is 13.8 Å². The van der Waals surface area contributed by atoms with E-state index in [9.17, 15) is 17.2 Å². The minimum Gasteiger partial charge on any atom is -0.497 e. The number of methoxy groups -OCH3 is 2. The van der Waals surface area contributed by atoms with Crippen LogP contribution >= 0.6 is 0 Å². The van der Waals surface area contributed by atoms with Crippen LogP contribution in [0.25, 0.3) is 0 Å². The number of ether oxygens (including phenoxy) is 2. The van der Waals surface area contributed by atoms with Crippen molar-refractivity contribution in [3.63, 3.8) is 0 Å². The predicted octanol–water partition coefficient (Wildman–Crippen LogP) is 4.84. The number of sulfonamides is 1. The SMILES string of the molecule is COc1ccc(CN2CCC(N(c3ccc(F)cc3)S(=O)(=O)c3ccc(F)cc3)CC2)c(OC)c1. The molecule has 6 nitrogen and oxygen atoms in total. The zero-order chi connectivity index (χ0) is 25.0. The van der Waals surface area contributed by atoms with Crippen molar-refractivity contribution in [2.75, 3.05) is 31.6 Å². The lowest BCUT2D eigenvalue weighted by Gasteiger charge is -2.39. The molecule has 0 aromatic heterocycles. The summed E-state index contributed by atoms with van der Waals surface area (Å²) < 4.78 is 66.4. The zero-order valence-corrected chi connectivity index (χ0v) is 20.5. The van der Waals surface area contributed by atoms with E-state index in [4.69, 9.17) is 9.47 Å².